The number of nitrogens with zero attached hydrogens (tertiary/aromatic N) is 1. The Kier molecular flexibility index (Phi) is 2.59. The fourth-order valence-electron chi connectivity index (χ4n) is 2.90. The molecule has 1 aromatic heterocycles. The molecule has 0 aliphatic carbocycles. The number of H-pyrrole nitrogens is 1. The molecule has 1 aromatic carbocycles. The van der Waals surface area contributed by atoms with Gasteiger partial charge in [-0.2, -0.15) is 0 Å². The quantitative estimate of drug-likeness (QED) is 0.772. The molecular weight excluding hydrogens is 242 g/mol. The highest BCUT2D eigenvalue weighted by Crippen LogP contribution is 2.35. The molecule has 1 aliphatic heterocycles. The molecule has 102 valence electrons. The number of oxazole rings is 1. The molecule has 1 saturated heterocycles. The van der Waals surface area contributed by atoms with E-state index in [-0.39, 0.29) is 0 Å². The number of aromatic amines is 1. The largest absolute Gasteiger partial charge is 0.417 e. The molecule has 2 heterocycles. The van der Waals surface area contributed by atoms with E-state index in [1.54, 1.807) is 6.07 Å². The molecule has 0 unspecified atom stereocenters. The van der Waals surface area contributed by atoms with Crippen LogP contribution in [-0.2, 0) is 0 Å². The van der Waals surface area contributed by atoms with Crippen molar-refractivity contribution in [2.45, 2.75) is 26.7 Å². The van der Waals surface area contributed by atoms with Crippen molar-refractivity contribution < 1.29 is 4.42 Å². The van der Waals surface area contributed by atoms with E-state index in [9.17, 15) is 4.79 Å². The molecule has 2 aromatic rings. The van der Waals surface area contributed by atoms with Crippen molar-refractivity contribution in [2.75, 3.05) is 23.7 Å². The number of hydrogen-bond acceptors (Lipinski definition) is 4. The van der Waals surface area contributed by atoms with Gasteiger partial charge < -0.3 is 15.1 Å². The van der Waals surface area contributed by atoms with Crippen molar-refractivity contribution in [3.63, 3.8) is 0 Å². The third-order valence-electron chi connectivity index (χ3n) is 3.81. The molecule has 0 saturated carbocycles. The minimum atomic E-state index is -0.439. The second-order valence-corrected chi connectivity index (χ2v) is 6.11. The van der Waals surface area contributed by atoms with Crippen molar-refractivity contribution in [3.8, 4) is 0 Å². The SMILES string of the molecule is CC1(C)CCCN(c2cc3[nH]c(=O)oc3cc2N)C1. The molecule has 3 N–H and O–H groups in total. The zero-order chi connectivity index (χ0) is 13.6. The van der Waals surface area contributed by atoms with Crippen LogP contribution in [0.3, 0.4) is 0 Å². The van der Waals surface area contributed by atoms with E-state index in [0.29, 0.717) is 22.2 Å². The van der Waals surface area contributed by atoms with Gasteiger partial charge in [0.15, 0.2) is 5.58 Å². The molecule has 0 radical (unpaired) electrons. The fourth-order valence-corrected chi connectivity index (χ4v) is 2.90. The van der Waals surface area contributed by atoms with Crippen LogP contribution in [-0.4, -0.2) is 18.1 Å². The molecule has 5 heteroatoms. The number of fused-ring (bicyclic) bond motifs is 1. The van der Waals surface area contributed by atoms with Crippen LogP contribution in [0.25, 0.3) is 11.1 Å². The highest BCUT2D eigenvalue weighted by molar-refractivity contribution is 5.85. The Balaban J connectivity index is 2.04. The fraction of sp³-hybridized carbons (Fsp3) is 0.500. The summed E-state index contributed by atoms with van der Waals surface area (Å²) in [4.78, 5) is 16.2. The van der Waals surface area contributed by atoms with E-state index in [0.717, 1.165) is 25.2 Å². The van der Waals surface area contributed by atoms with Gasteiger partial charge in [-0.25, -0.2) is 4.79 Å². The first-order valence-corrected chi connectivity index (χ1v) is 6.62. The van der Waals surface area contributed by atoms with Gasteiger partial charge in [0.2, 0.25) is 0 Å². The number of anilines is 2. The van der Waals surface area contributed by atoms with Crippen LogP contribution in [0.15, 0.2) is 21.3 Å². The predicted molar refractivity (Wildman–Crippen MR) is 76.5 cm³/mol. The molecule has 5 nitrogen and oxygen atoms in total. The summed E-state index contributed by atoms with van der Waals surface area (Å²) in [5.74, 6) is -0.439. The maximum atomic E-state index is 11.2. The number of nitrogens with two attached hydrogens (primary N) is 1. The summed E-state index contributed by atoms with van der Waals surface area (Å²) in [7, 11) is 0. The molecule has 19 heavy (non-hydrogen) atoms. The van der Waals surface area contributed by atoms with Crippen molar-refractivity contribution in [2.24, 2.45) is 5.41 Å². The van der Waals surface area contributed by atoms with E-state index >= 15 is 0 Å². The van der Waals surface area contributed by atoms with Gasteiger partial charge in [-0.15, -0.1) is 0 Å². The summed E-state index contributed by atoms with van der Waals surface area (Å²) < 4.78 is 5.02. The minimum Gasteiger partial charge on any atom is -0.408 e. The summed E-state index contributed by atoms with van der Waals surface area (Å²) in [6.45, 7) is 6.52. The van der Waals surface area contributed by atoms with Crippen molar-refractivity contribution >= 4 is 22.5 Å². The standard InChI is InChI=1S/C14H19N3O2/c1-14(2)4-3-5-17(8-14)11-7-10-12(6-9(11)15)19-13(18)16-10/h6-7H,3-5,8,15H2,1-2H3,(H,16,18). The molecule has 0 bridgehead atoms. The Bertz CT molecular complexity index is 669. The third kappa shape index (κ3) is 2.20. The number of aromatic nitrogens is 1. The summed E-state index contributed by atoms with van der Waals surface area (Å²) in [5, 5.41) is 0. The normalized spacial score (nSPS) is 18.9. The highest BCUT2D eigenvalue weighted by atomic mass is 16.4. The van der Waals surface area contributed by atoms with Gasteiger partial charge in [0.05, 0.1) is 16.9 Å². The van der Waals surface area contributed by atoms with Crippen molar-refractivity contribution in [3.05, 3.63) is 22.7 Å². The van der Waals surface area contributed by atoms with Gasteiger partial charge in [-0.05, 0) is 24.3 Å². The van der Waals surface area contributed by atoms with Gasteiger partial charge in [-0.1, -0.05) is 13.8 Å². The molecule has 0 atom stereocenters. The van der Waals surface area contributed by atoms with Crippen molar-refractivity contribution in [1.29, 1.82) is 0 Å². The minimum absolute atomic E-state index is 0.295. The first-order chi connectivity index (χ1) is 8.94. The van der Waals surface area contributed by atoms with Crippen LogP contribution in [0.5, 0.6) is 0 Å². The van der Waals surface area contributed by atoms with E-state index in [1.807, 2.05) is 6.07 Å². The Hall–Kier alpha value is -1.91. The van der Waals surface area contributed by atoms with Gasteiger partial charge in [0, 0.05) is 19.2 Å². The van der Waals surface area contributed by atoms with E-state index in [2.05, 4.69) is 23.7 Å². The van der Waals surface area contributed by atoms with E-state index in [1.165, 1.54) is 6.42 Å². The molecule has 1 aliphatic rings. The number of hydrogen-bond donors (Lipinski definition) is 2. The highest BCUT2D eigenvalue weighted by Gasteiger charge is 2.27. The average Bonchev–Trinajstić information content (AvgIpc) is 2.65. The van der Waals surface area contributed by atoms with Crippen LogP contribution in [0.1, 0.15) is 26.7 Å². The summed E-state index contributed by atoms with van der Waals surface area (Å²) in [6, 6.07) is 3.64. The van der Waals surface area contributed by atoms with Crippen LogP contribution in [0, 0.1) is 5.41 Å². The lowest BCUT2D eigenvalue weighted by Crippen LogP contribution is -2.40. The van der Waals surface area contributed by atoms with Gasteiger partial charge >= 0.3 is 5.76 Å². The monoisotopic (exact) mass is 261 g/mol. The second-order valence-electron chi connectivity index (χ2n) is 6.11. The second kappa shape index (κ2) is 4.05. The number of benzene rings is 1. The van der Waals surface area contributed by atoms with E-state index in [4.69, 9.17) is 10.2 Å². The number of rotatable bonds is 1. The molecular formula is C14H19N3O2. The van der Waals surface area contributed by atoms with Crippen molar-refractivity contribution in [1.82, 2.24) is 4.98 Å². The zero-order valence-electron chi connectivity index (χ0n) is 11.3. The first-order valence-electron chi connectivity index (χ1n) is 6.62. The Morgan fingerprint density at radius 2 is 2.21 bits per heavy atom. The maximum Gasteiger partial charge on any atom is 0.417 e. The van der Waals surface area contributed by atoms with Gasteiger partial charge in [0.25, 0.3) is 0 Å². The lowest BCUT2D eigenvalue weighted by atomic mass is 9.84. The Morgan fingerprint density at radius 3 is 2.95 bits per heavy atom. The molecule has 0 amide bonds. The average molecular weight is 261 g/mol. The maximum absolute atomic E-state index is 11.2. The molecule has 0 spiro atoms. The summed E-state index contributed by atoms with van der Waals surface area (Å²) in [6.07, 6.45) is 2.39. The van der Waals surface area contributed by atoms with Crippen LogP contribution in [0.2, 0.25) is 0 Å². The van der Waals surface area contributed by atoms with E-state index < -0.39 is 5.76 Å². The van der Waals surface area contributed by atoms with Crippen LogP contribution in [0.4, 0.5) is 11.4 Å². The molecule has 3 rings (SSSR count). The summed E-state index contributed by atoms with van der Waals surface area (Å²) >= 11 is 0. The lowest BCUT2D eigenvalue weighted by Gasteiger charge is -2.39. The number of nitrogens with one attached hydrogen (secondary N) is 1. The van der Waals surface area contributed by atoms with Crippen LogP contribution >= 0.6 is 0 Å². The van der Waals surface area contributed by atoms with Gasteiger partial charge in [0.1, 0.15) is 0 Å². The Morgan fingerprint density at radius 1 is 1.42 bits per heavy atom. The first kappa shape index (κ1) is 12.1. The number of nitrogen functional groups attached to an aromatic ring is 1. The van der Waals surface area contributed by atoms with Crippen LogP contribution < -0.4 is 16.4 Å². The topological polar surface area (TPSA) is 75.3 Å². The lowest BCUT2D eigenvalue weighted by molar-refractivity contribution is 0.293. The molecule has 1 fully saturated rings. The third-order valence-corrected chi connectivity index (χ3v) is 3.81. The Labute approximate surface area is 111 Å². The number of piperidine rings is 1. The zero-order valence-corrected chi connectivity index (χ0v) is 11.3. The smallest absolute Gasteiger partial charge is 0.408 e. The predicted octanol–water partition coefficient (Wildman–Crippen LogP) is 2.33. The van der Waals surface area contributed by atoms with Gasteiger partial charge in [-0.3, -0.25) is 4.98 Å². The summed E-state index contributed by atoms with van der Waals surface area (Å²) in [5.41, 5.74) is 9.26.